The molecule has 4 fully saturated rings. The number of fused-ring (bicyclic) bond motifs is 4. The second kappa shape index (κ2) is 41.5. The minimum Gasteiger partial charge on any atom is -0.359 e. The molecule has 0 unspecified atom stereocenters. The molecule has 0 spiro atoms. The molecule has 4 N–H and O–H groups in total. The predicted molar refractivity (Wildman–Crippen MR) is 539 cm³/mol. The van der Waals surface area contributed by atoms with Crippen LogP contribution >= 0.6 is 23.2 Å². The van der Waals surface area contributed by atoms with Crippen molar-refractivity contribution >= 4 is 176 Å². The van der Waals surface area contributed by atoms with Gasteiger partial charge in [-0.15, -0.1) is 0 Å². The smallest absolute Gasteiger partial charge is 0.258 e. The van der Waals surface area contributed by atoms with E-state index in [1.807, 2.05) is 154 Å². The molecule has 6 aromatic heterocycles. The molecule has 0 aliphatic carbocycles. The summed E-state index contributed by atoms with van der Waals surface area (Å²) in [6.07, 6.45) is 8.61. The van der Waals surface area contributed by atoms with E-state index in [0.29, 0.717) is 61.5 Å². The van der Waals surface area contributed by atoms with Gasteiger partial charge in [0.1, 0.15) is 38.6 Å². The van der Waals surface area contributed by atoms with Crippen LogP contribution in [0, 0.1) is 39.3 Å². The molecule has 0 radical (unpaired) electrons. The van der Waals surface area contributed by atoms with E-state index in [2.05, 4.69) is 46.2 Å². The lowest BCUT2D eigenvalue weighted by Gasteiger charge is -2.28. The summed E-state index contributed by atoms with van der Waals surface area (Å²) in [5.41, 5.74) is 15.7. The number of benzene rings is 10. The van der Waals surface area contributed by atoms with Crippen LogP contribution in [0.25, 0.3) is 88.5 Å². The molecule has 4 saturated heterocycles. The molecule has 4 amide bonds. The van der Waals surface area contributed by atoms with Gasteiger partial charge in [-0.05, 0) is 237 Å². The van der Waals surface area contributed by atoms with Gasteiger partial charge in [0.2, 0.25) is 40.1 Å². The SMILES string of the molecule is Cc1cc(N2COCCS2(=O)=O)ccc1C(=O)Nc1ccc(Cl)c(-c2ccc3ccccc3n2)c1.Cc1ccc(NC(=O)c2ccc(N3COCCS3(=O)=O)cc2Cl)cc1-c1nccc2ncccc12.Cc1ccc(NC(=O)c2ccc(N3COCCS3(=O)=O)cc2F)cc1-c1ccc2cnccc2n1.Cc1ccc(NC(=O)c2ccc(N3COCCS3(=O)=O)cc2F)cc1-c1nccc2ccccc12. The minimum absolute atomic E-state index is 0.0380. The molecular formula is C102H86Cl2F2N14O16S4. The molecule has 38 heteroatoms. The van der Waals surface area contributed by atoms with Crippen LogP contribution in [0.15, 0.2) is 280 Å². The summed E-state index contributed by atoms with van der Waals surface area (Å²) >= 11 is 12.8. The number of hydrogen-bond acceptors (Lipinski definition) is 22. The van der Waals surface area contributed by atoms with Gasteiger partial charge >= 0.3 is 0 Å². The third-order valence-electron chi connectivity index (χ3n) is 23.4. The van der Waals surface area contributed by atoms with E-state index in [4.69, 9.17) is 47.1 Å². The fourth-order valence-electron chi connectivity index (χ4n) is 15.9. The van der Waals surface area contributed by atoms with Crippen LogP contribution in [0.2, 0.25) is 10.0 Å². The van der Waals surface area contributed by atoms with Gasteiger partial charge in [-0.1, -0.05) is 89.9 Å². The molecule has 4 aliphatic heterocycles. The molecule has 30 nitrogen and oxygen atoms in total. The van der Waals surface area contributed by atoms with Crippen molar-refractivity contribution in [3.05, 3.63) is 346 Å². The number of anilines is 8. The molecule has 16 aromatic rings. The third-order valence-corrected chi connectivity index (χ3v) is 30.7. The largest absolute Gasteiger partial charge is 0.359 e. The van der Waals surface area contributed by atoms with Gasteiger partial charge in [-0.25, -0.2) is 69.6 Å². The number of rotatable bonds is 16. The molecular weight excluding hydrogens is 1910 g/mol. The van der Waals surface area contributed by atoms with Crippen LogP contribution in [0.3, 0.4) is 0 Å². The van der Waals surface area contributed by atoms with E-state index in [1.165, 1.54) is 40.7 Å². The summed E-state index contributed by atoms with van der Waals surface area (Å²) in [6, 6.07) is 71.2. The Morgan fingerprint density at radius 1 is 0.329 bits per heavy atom. The van der Waals surface area contributed by atoms with Gasteiger partial charge in [0.05, 0.1) is 138 Å². The number of halogens is 4. The fraction of sp³-hybridized carbons (Fsp3) is 0.157. The number of ether oxygens (including phenoxy) is 4. The second-order valence-corrected chi connectivity index (χ2v) is 41.5. The van der Waals surface area contributed by atoms with E-state index < -0.39 is 69.4 Å². The van der Waals surface area contributed by atoms with Gasteiger partial charge in [-0.2, -0.15) is 0 Å². The maximum Gasteiger partial charge on any atom is 0.258 e. The molecule has 0 bridgehead atoms. The number of carbonyl (C=O) groups excluding carboxylic acids is 4. The van der Waals surface area contributed by atoms with E-state index >= 15 is 0 Å². The van der Waals surface area contributed by atoms with Crippen molar-refractivity contribution in [1.29, 1.82) is 0 Å². The van der Waals surface area contributed by atoms with Crippen molar-refractivity contribution in [2.24, 2.45) is 0 Å². The van der Waals surface area contributed by atoms with E-state index in [1.54, 1.807) is 105 Å². The molecule has 0 saturated carbocycles. The Labute approximate surface area is 814 Å². The van der Waals surface area contributed by atoms with Crippen LogP contribution in [0.1, 0.15) is 63.7 Å². The minimum atomic E-state index is -3.59. The Balaban J connectivity index is 0.000000129. The van der Waals surface area contributed by atoms with Crippen molar-refractivity contribution in [1.82, 2.24) is 29.9 Å². The predicted octanol–water partition coefficient (Wildman–Crippen LogP) is 18.7. The Bertz CT molecular complexity index is 7620. The van der Waals surface area contributed by atoms with Crippen LogP contribution in [-0.4, -0.2) is 164 Å². The number of carbonyl (C=O) groups is 4. The lowest BCUT2D eigenvalue weighted by atomic mass is 9.99. The van der Waals surface area contributed by atoms with Crippen molar-refractivity contribution in [2.45, 2.75) is 27.7 Å². The zero-order valence-corrected chi connectivity index (χ0v) is 80.0. The summed E-state index contributed by atoms with van der Waals surface area (Å²) in [7, 11) is -14.1. The van der Waals surface area contributed by atoms with Gasteiger partial charge in [0.15, 0.2) is 0 Å². The number of amides is 4. The normalized spacial score (nSPS) is 15.2. The maximum atomic E-state index is 14.9. The highest BCUT2D eigenvalue weighted by atomic mass is 35.5. The molecule has 712 valence electrons. The average Bonchev–Trinajstić information content (AvgIpc) is 0.798. The van der Waals surface area contributed by atoms with E-state index in [-0.39, 0.29) is 115 Å². The topological polar surface area (TPSA) is 380 Å². The summed E-state index contributed by atoms with van der Waals surface area (Å²) < 4.78 is 153. The van der Waals surface area contributed by atoms with Crippen LogP contribution < -0.4 is 38.5 Å². The Morgan fingerprint density at radius 3 is 1.24 bits per heavy atom. The van der Waals surface area contributed by atoms with E-state index in [9.17, 15) is 61.6 Å². The van der Waals surface area contributed by atoms with Crippen LogP contribution in [0.5, 0.6) is 0 Å². The summed E-state index contributed by atoms with van der Waals surface area (Å²) in [5.74, 6) is -4.24. The van der Waals surface area contributed by atoms with Gasteiger partial charge in [0.25, 0.3) is 23.6 Å². The molecule has 140 heavy (non-hydrogen) atoms. The first-order chi connectivity index (χ1) is 67.3. The van der Waals surface area contributed by atoms with Crippen LogP contribution in [-0.2, 0) is 59.0 Å². The number of para-hydroxylation sites is 1. The quantitative estimate of drug-likeness (QED) is 0.0698. The van der Waals surface area contributed by atoms with Gasteiger partial charge < -0.3 is 40.2 Å². The van der Waals surface area contributed by atoms with Crippen molar-refractivity contribution in [3.63, 3.8) is 0 Å². The lowest BCUT2D eigenvalue weighted by Crippen LogP contribution is -2.41. The number of pyridine rings is 6. The van der Waals surface area contributed by atoms with Crippen molar-refractivity contribution in [3.8, 4) is 45.0 Å². The zero-order valence-electron chi connectivity index (χ0n) is 75.2. The Hall–Kier alpha value is -14.7. The third kappa shape index (κ3) is 21.7. The molecule has 10 aromatic carbocycles. The van der Waals surface area contributed by atoms with Crippen molar-refractivity contribution < 1.29 is 80.6 Å². The first-order valence-electron chi connectivity index (χ1n) is 43.6. The number of aromatic nitrogens is 6. The number of hydrogen-bond donors (Lipinski definition) is 4. The van der Waals surface area contributed by atoms with Crippen molar-refractivity contribution in [2.75, 3.05) is 115 Å². The van der Waals surface area contributed by atoms with Gasteiger partial charge in [0, 0.05) is 103 Å². The lowest BCUT2D eigenvalue weighted by molar-refractivity contribution is 0.101. The highest BCUT2D eigenvalue weighted by Gasteiger charge is 2.33. The summed E-state index contributed by atoms with van der Waals surface area (Å²) in [4.78, 5) is 78.8. The standard InChI is InChI=1S/C26H22ClN3O4S.C26H22FN3O4S.C25H21ClN4O4S.C25H21FN4O4S/c1-17-14-20(30-16-34-12-13-35(30,32)33)8-9-21(17)26(31)28-19-7-10-23(27)22(15-19)25-11-6-18-4-2-3-5-24(18)29-25;1-17-6-7-19(14-23(17)25-21-5-3-2-4-18(21)10-11-28-25)29-26(31)22-9-8-20(15-24(22)27)30-16-34-12-13-35(30,32)33;1-16-4-5-17(13-21(16)24-20-3-2-9-27-23(20)8-10-28-24)29-25(31)19-7-6-18(14-22(19)26)30-15-34-11-12-35(30,32)33;1-16-2-4-18(12-21(16)24-7-3-17-14-27-9-8-23(17)29-24)28-25(31)20-6-5-19(13-22(20)26)30-15-34-10-11-35(30,32)33/h2-11,14-15H,12-13,16H2,1H3,(H,28,31);2-11,14-15H,12-13,16H2,1H3,(H,29,31);2-10,13-14H,11-12,15H2,1H3,(H,29,31);2-9,12-14H,10-11,15H2,1H3,(H,28,31). The number of nitrogens with one attached hydrogen (secondary N) is 4. The summed E-state index contributed by atoms with van der Waals surface area (Å²) in [5, 5.41) is 16.8. The second-order valence-electron chi connectivity index (χ2n) is 32.7. The maximum absolute atomic E-state index is 14.9. The summed E-state index contributed by atoms with van der Waals surface area (Å²) in [6.45, 7) is 7.64. The Morgan fingerprint density at radius 2 is 0.729 bits per heavy atom. The van der Waals surface area contributed by atoms with Crippen LogP contribution in [0.4, 0.5) is 54.3 Å². The number of nitrogens with zero attached hydrogens (tertiary/aromatic N) is 10. The molecule has 4 aliphatic rings. The Kier molecular flexibility index (Phi) is 28.8. The number of aryl methyl sites for hydroxylation is 4. The first kappa shape index (κ1) is 97.0. The first-order valence-corrected chi connectivity index (χ1v) is 50.8. The highest BCUT2D eigenvalue weighted by Crippen LogP contribution is 2.39. The van der Waals surface area contributed by atoms with E-state index in [0.717, 1.165) is 119 Å². The van der Waals surface area contributed by atoms with Gasteiger partial charge in [-0.3, -0.25) is 39.1 Å². The average molecular weight is 2000 g/mol. The fourth-order valence-corrected chi connectivity index (χ4v) is 21.2. The molecule has 20 rings (SSSR count). The number of sulfonamides is 4. The monoisotopic (exact) mass is 2000 g/mol. The molecule has 0 atom stereocenters. The highest BCUT2D eigenvalue weighted by molar-refractivity contribution is 7.93. The molecule has 10 heterocycles. The zero-order chi connectivity index (χ0) is 98.3.